The highest BCUT2D eigenvalue weighted by molar-refractivity contribution is 8.14. The molecule has 126 heavy (non-hydrogen) atoms. The Morgan fingerprint density at radius 1 is 0.452 bits per heavy atom. The second-order valence-corrected chi connectivity index (χ2v) is 31.6. The summed E-state index contributed by atoms with van der Waals surface area (Å²) in [5.74, 6) is 0.395. The third-order valence-electron chi connectivity index (χ3n) is 18.7. The lowest BCUT2D eigenvalue weighted by molar-refractivity contribution is -0.142. The van der Waals surface area contributed by atoms with Gasteiger partial charge in [-0.25, -0.2) is 15.7 Å². The first-order valence-corrected chi connectivity index (χ1v) is 42.3. The number of carbonyl (C=O) groups is 15. The Labute approximate surface area is 743 Å². The van der Waals surface area contributed by atoms with Crippen molar-refractivity contribution in [2.24, 2.45) is 17.7 Å². The highest BCUT2D eigenvalue weighted by Gasteiger charge is 2.24. The van der Waals surface area contributed by atoms with E-state index in [0.717, 1.165) is 69.0 Å². The number of carbonyl (C=O) groups excluding carboxylic acids is 11. The lowest BCUT2D eigenvalue weighted by Gasteiger charge is -2.34. The van der Waals surface area contributed by atoms with Crippen molar-refractivity contribution in [3.05, 3.63) is 84.1 Å². The maximum absolute atomic E-state index is 11.5. The van der Waals surface area contributed by atoms with Crippen molar-refractivity contribution >= 4 is 108 Å². The zero-order chi connectivity index (χ0) is 94.7. The first kappa shape index (κ1) is 116. The van der Waals surface area contributed by atoms with Gasteiger partial charge in [0, 0.05) is 198 Å². The predicted octanol–water partition coefficient (Wildman–Crippen LogP) is 0.155. The van der Waals surface area contributed by atoms with E-state index >= 15 is 0 Å². The van der Waals surface area contributed by atoms with Crippen molar-refractivity contribution < 1.29 is 116 Å². The molecule has 0 atom stereocenters. The lowest BCUT2D eigenvalue weighted by atomic mass is 10.0. The molecular weight excluding hydrogens is 1670 g/mol. The Kier molecular flexibility index (Phi) is 65.1. The molecule has 3 aromatic rings. The number of nitrogens with one attached hydrogen (secondary N) is 4. The average molecular weight is 1810 g/mol. The standard InChI is InChI=1S/C17H32N4O6.C15H27N3O8.C15H19N3.C13H21N3O5S.C13H25N3O4.C9H13N3O/c1-15(2)21-9-7-19(12-17(25)26)4-3-18(11-16(23)24)5-6-20(8-10-21)13-27-14-22;1-14(2)18(10-26-13-21)6-5-16(7-15(22)23)3-4-17(8-24-11-19)9-25-12-20;1-13(2)18(11-14-7-3-5-9-16-14)12-15-8-4-6-10-17-15;1-8(2)10(18)4-14-11(19)5-15-12(20)6-16-13(21)7-22-9(3)17;1-12(2)16-7-5-14(9-13(18)19)3-4-15(6-8-16)10-20-11-17;1-6(2)9(13)7-3-4-8(12-10)11-5-7/h14-15H,3-13H2,1-2H3,(H,23,24)(H,25,26);11-14H,3-10H2,1-2H3,(H,22,23);3-10,13H,11-12H2,1-2H3;8H,4-7H2,1-3H3,(H,14,19)(H,15,20)(H,16,21);11-12H,3-10H2,1-2H3,(H,18,19);3-6H,10H2,1-2H3,(H,11,12). The van der Waals surface area contributed by atoms with Gasteiger partial charge in [0.15, 0.2) is 16.7 Å². The predicted molar refractivity (Wildman–Crippen MR) is 468 cm³/mol. The zero-order valence-corrected chi connectivity index (χ0v) is 76.1. The molecule has 0 spiro atoms. The number of nitrogen functional groups attached to an aromatic ring is 1. The number of rotatable bonds is 49. The van der Waals surface area contributed by atoms with Crippen molar-refractivity contribution in [2.75, 3.05) is 208 Å². The van der Waals surface area contributed by atoms with Crippen molar-refractivity contribution in [2.45, 2.75) is 127 Å². The molecule has 710 valence electrons. The van der Waals surface area contributed by atoms with Crippen LogP contribution < -0.4 is 27.2 Å². The Bertz CT molecular complexity index is 3540. The normalized spacial score (nSPS) is 14.1. The molecule has 5 heterocycles. The summed E-state index contributed by atoms with van der Waals surface area (Å²) >= 11 is 0.842. The van der Waals surface area contributed by atoms with Gasteiger partial charge in [-0.2, -0.15) is 0 Å². The van der Waals surface area contributed by atoms with Gasteiger partial charge < -0.3 is 65.5 Å². The van der Waals surface area contributed by atoms with E-state index in [9.17, 15) is 71.9 Å². The maximum Gasteiger partial charge on any atom is 0.317 e. The van der Waals surface area contributed by atoms with E-state index in [2.05, 4.69) is 114 Å². The van der Waals surface area contributed by atoms with Crippen LogP contribution in [0.1, 0.15) is 112 Å². The number of pyridine rings is 3. The van der Waals surface area contributed by atoms with Crippen LogP contribution in [-0.2, 0) is 104 Å². The van der Waals surface area contributed by atoms with Crippen LogP contribution in [0.4, 0.5) is 5.82 Å². The fraction of sp³-hybridized carbons (Fsp3) is 0.634. The highest BCUT2D eigenvalue weighted by atomic mass is 32.2. The van der Waals surface area contributed by atoms with Crippen LogP contribution in [0.3, 0.4) is 0 Å². The lowest BCUT2D eigenvalue weighted by Crippen LogP contribution is -2.49. The summed E-state index contributed by atoms with van der Waals surface area (Å²) in [6.07, 6.45) is 5.21. The SMILES string of the molecule is CC(=O)SCC(=O)NCC(=O)NCC(=O)NCC(=O)C(C)C.CC(C)C(=O)c1ccc(NN)nc1.CC(C)N(CCN(CCN(COC=O)COC=O)CC(=O)O)COC=O.CC(C)N(Cc1ccccn1)Cc1ccccn1.CC(C)N1CCN(COC=O)CCN(CC(=O)O)CC1.CC(C)N1CCN(COC=O)CCN(CC(=O)O)CCN(CC(=O)O)CC1. The van der Waals surface area contributed by atoms with E-state index in [1.807, 2.05) is 88.9 Å². The molecule has 0 bridgehead atoms. The Morgan fingerprint density at radius 2 is 0.841 bits per heavy atom. The van der Waals surface area contributed by atoms with Crippen LogP contribution >= 0.6 is 11.8 Å². The van der Waals surface area contributed by atoms with Crippen LogP contribution in [0.2, 0.25) is 0 Å². The van der Waals surface area contributed by atoms with Crippen LogP contribution in [-0.4, -0.2) is 407 Å². The first-order valence-electron chi connectivity index (χ1n) is 41.3. The van der Waals surface area contributed by atoms with Crippen molar-refractivity contribution in [3.8, 4) is 0 Å². The van der Waals surface area contributed by atoms with E-state index in [4.69, 9.17) is 40.5 Å². The first-order chi connectivity index (χ1) is 59.9. The van der Waals surface area contributed by atoms with Crippen LogP contribution in [0, 0.1) is 11.8 Å². The van der Waals surface area contributed by atoms with Gasteiger partial charge in [-0.1, -0.05) is 51.6 Å². The molecule has 3 amide bonds. The molecule has 0 radical (unpaired) electrons. The molecule has 2 saturated heterocycles. The van der Waals surface area contributed by atoms with E-state index in [-0.39, 0.29) is 133 Å². The molecule has 43 nitrogen and oxygen atoms in total. The van der Waals surface area contributed by atoms with Gasteiger partial charge in [0.05, 0.1) is 63.0 Å². The third-order valence-corrected chi connectivity index (χ3v) is 19.5. The number of anilines is 1. The molecule has 0 aromatic carbocycles. The Balaban J connectivity index is 0.00000151. The number of Topliss-reactive ketones (excluding diaryl/α,β-unsaturated/α-hetero) is 2. The Morgan fingerprint density at radius 3 is 1.19 bits per heavy atom. The number of aromatic nitrogens is 3. The van der Waals surface area contributed by atoms with Gasteiger partial charge in [-0.3, -0.25) is 131 Å². The quantitative estimate of drug-likeness (QED) is 0.00907. The molecule has 5 rings (SSSR count). The molecule has 2 aliphatic heterocycles. The summed E-state index contributed by atoms with van der Waals surface area (Å²) in [6.45, 7) is 39.1. The fourth-order valence-electron chi connectivity index (χ4n) is 11.2. The van der Waals surface area contributed by atoms with Crippen LogP contribution in [0.5, 0.6) is 0 Å². The number of ketones is 2. The van der Waals surface area contributed by atoms with Crippen molar-refractivity contribution in [3.63, 3.8) is 0 Å². The zero-order valence-electron chi connectivity index (χ0n) is 75.2. The molecule has 10 N–H and O–H groups in total. The third kappa shape index (κ3) is 60.4. The summed E-state index contributed by atoms with van der Waals surface area (Å²) in [5.41, 5.74) is 5.22. The summed E-state index contributed by atoms with van der Waals surface area (Å²) in [7, 11) is 0. The van der Waals surface area contributed by atoms with Crippen LogP contribution in [0.25, 0.3) is 0 Å². The molecule has 2 aliphatic rings. The van der Waals surface area contributed by atoms with Gasteiger partial charge in [0.1, 0.15) is 39.5 Å². The number of hydrazine groups is 1. The number of nitrogens with zero attached hydrogens (tertiary/aromatic N) is 14. The number of carboxylic acids is 4. The Hall–Kier alpha value is -10.2. The molecule has 3 aromatic heterocycles. The summed E-state index contributed by atoms with van der Waals surface area (Å²) < 4.78 is 23.7. The topological polar surface area (TPSA) is 532 Å². The number of aliphatic carboxylic acids is 4. The van der Waals surface area contributed by atoms with E-state index in [0.29, 0.717) is 134 Å². The van der Waals surface area contributed by atoms with E-state index < -0.39 is 41.6 Å². The molecule has 0 unspecified atom stereocenters. The smallest absolute Gasteiger partial charge is 0.317 e. The molecule has 0 saturated carbocycles. The van der Waals surface area contributed by atoms with E-state index in [1.165, 1.54) is 18.0 Å². The number of hydrogen-bond acceptors (Lipinski definition) is 37. The molecular formula is C82H137N19O24S. The summed E-state index contributed by atoms with van der Waals surface area (Å²) in [4.78, 5) is 198. The van der Waals surface area contributed by atoms with E-state index in [1.54, 1.807) is 35.8 Å². The van der Waals surface area contributed by atoms with Gasteiger partial charge in [-0.05, 0) is 91.8 Å². The van der Waals surface area contributed by atoms with Gasteiger partial charge in [-0.15, -0.1) is 0 Å². The van der Waals surface area contributed by atoms with Crippen LogP contribution in [0.15, 0.2) is 67.1 Å². The number of ether oxygens (including phenoxy) is 5. The number of amides is 3. The van der Waals surface area contributed by atoms with Crippen molar-refractivity contribution in [1.82, 2.24) is 84.8 Å². The van der Waals surface area contributed by atoms with Gasteiger partial charge in [0.2, 0.25) is 17.7 Å². The monoisotopic (exact) mass is 1800 g/mol. The number of thioether (sulfide) groups is 1. The largest absolute Gasteiger partial charge is 0.480 e. The van der Waals surface area contributed by atoms with Crippen molar-refractivity contribution in [1.29, 1.82) is 0 Å². The summed E-state index contributed by atoms with van der Waals surface area (Å²) in [5, 5.41) is 43.1. The number of hydrogen-bond donors (Lipinski definition) is 9. The fourth-order valence-corrected chi connectivity index (χ4v) is 11.7. The molecule has 44 heteroatoms. The minimum absolute atomic E-state index is 0.00140. The highest BCUT2D eigenvalue weighted by Crippen LogP contribution is 2.13. The minimum Gasteiger partial charge on any atom is -0.480 e. The second-order valence-electron chi connectivity index (χ2n) is 30.4. The minimum atomic E-state index is -0.981. The molecule has 2 fully saturated rings. The maximum atomic E-state index is 11.5. The second kappa shape index (κ2) is 70.9. The number of nitrogens with two attached hydrogens (primary N) is 1. The molecule has 0 aliphatic carbocycles. The number of carboxylic acid groups (broad SMARTS) is 4. The van der Waals surface area contributed by atoms with Gasteiger partial charge in [0.25, 0.3) is 32.4 Å². The average Bonchev–Trinajstić information content (AvgIpc) is 0.890. The summed E-state index contributed by atoms with van der Waals surface area (Å²) in [6, 6.07) is 16.8. The van der Waals surface area contributed by atoms with Gasteiger partial charge >= 0.3 is 23.9 Å².